The Morgan fingerprint density at radius 3 is 2.50 bits per heavy atom. The molecule has 0 radical (unpaired) electrons. The van der Waals surface area contributed by atoms with E-state index in [1.165, 1.54) is 24.0 Å². The van der Waals surface area contributed by atoms with Crippen molar-refractivity contribution in [3.8, 4) is 0 Å². The van der Waals surface area contributed by atoms with Gasteiger partial charge in [0.25, 0.3) is 0 Å². The van der Waals surface area contributed by atoms with Gasteiger partial charge in [0.15, 0.2) is 0 Å². The Kier molecular flexibility index (Phi) is 2.15. The van der Waals surface area contributed by atoms with E-state index < -0.39 is 5.60 Å². The van der Waals surface area contributed by atoms with E-state index in [0.717, 1.165) is 5.56 Å². The first kappa shape index (κ1) is 9.72. The summed E-state index contributed by atoms with van der Waals surface area (Å²) in [5.74, 6) is 0.475. The summed E-state index contributed by atoms with van der Waals surface area (Å²) in [5, 5.41) is 10.4. The summed E-state index contributed by atoms with van der Waals surface area (Å²) in [6, 6.07) is 6.32. The minimum absolute atomic E-state index is 0.475. The van der Waals surface area contributed by atoms with Gasteiger partial charge in [-0.2, -0.15) is 0 Å². The molecule has 1 unspecified atom stereocenters. The molecule has 2 rings (SSSR count). The molecule has 1 nitrogen and oxygen atoms in total. The fourth-order valence-corrected chi connectivity index (χ4v) is 2.15. The molecule has 0 aromatic heterocycles. The highest BCUT2D eigenvalue weighted by atomic mass is 16.3. The smallest absolute Gasteiger partial charge is 0.0899 e. The highest BCUT2D eigenvalue weighted by Gasteiger charge is 2.41. The number of rotatable bonds is 2. The predicted molar refractivity (Wildman–Crippen MR) is 58.2 cm³/mol. The van der Waals surface area contributed by atoms with Gasteiger partial charge in [-0.1, -0.05) is 23.8 Å². The van der Waals surface area contributed by atoms with Crippen LogP contribution in [0, 0.1) is 19.8 Å². The molecule has 1 aliphatic rings. The van der Waals surface area contributed by atoms with Gasteiger partial charge in [-0.25, -0.2) is 0 Å². The highest BCUT2D eigenvalue weighted by Crippen LogP contribution is 2.46. The number of hydrogen-bond donors (Lipinski definition) is 1. The summed E-state index contributed by atoms with van der Waals surface area (Å²) < 4.78 is 0. The van der Waals surface area contributed by atoms with E-state index >= 15 is 0 Å². The molecule has 14 heavy (non-hydrogen) atoms. The van der Waals surface area contributed by atoms with Gasteiger partial charge in [0.05, 0.1) is 5.60 Å². The zero-order valence-corrected chi connectivity index (χ0v) is 9.17. The third kappa shape index (κ3) is 1.57. The molecule has 76 valence electrons. The van der Waals surface area contributed by atoms with Crippen molar-refractivity contribution >= 4 is 0 Å². The molecule has 0 spiro atoms. The van der Waals surface area contributed by atoms with Crippen LogP contribution in [0.2, 0.25) is 0 Å². The van der Waals surface area contributed by atoms with Crippen LogP contribution in [0.3, 0.4) is 0 Å². The largest absolute Gasteiger partial charge is 0.385 e. The molecule has 0 heterocycles. The van der Waals surface area contributed by atoms with Crippen molar-refractivity contribution in [2.24, 2.45) is 5.92 Å². The zero-order chi connectivity index (χ0) is 10.3. The molecule has 1 aromatic carbocycles. The summed E-state index contributed by atoms with van der Waals surface area (Å²) in [6.07, 6.45) is 2.33. The van der Waals surface area contributed by atoms with Gasteiger partial charge >= 0.3 is 0 Å². The van der Waals surface area contributed by atoms with Gasteiger partial charge in [-0.15, -0.1) is 0 Å². The second-order valence-electron chi connectivity index (χ2n) is 4.74. The topological polar surface area (TPSA) is 20.2 Å². The molecule has 0 bridgehead atoms. The van der Waals surface area contributed by atoms with E-state index in [1.807, 2.05) is 6.92 Å². The lowest BCUT2D eigenvalue weighted by atomic mass is 9.87. The lowest BCUT2D eigenvalue weighted by Crippen LogP contribution is -2.25. The Hall–Kier alpha value is -0.820. The van der Waals surface area contributed by atoms with Crippen LogP contribution in [0.5, 0.6) is 0 Å². The molecular formula is C13H18O. The summed E-state index contributed by atoms with van der Waals surface area (Å²) in [5.41, 5.74) is 2.93. The summed E-state index contributed by atoms with van der Waals surface area (Å²) >= 11 is 0. The van der Waals surface area contributed by atoms with E-state index in [1.54, 1.807) is 0 Å². The van der Waals surface area contributed by atoms with E-state index in [2.05, 4.69) is 32.0 Å². The normalized spacial score (nSPS) is 20.6. The van der Waals surface area contributed by atoms with Crippen LogP contribution in [-0.4, -0.2) is 5.11 Å². The van der Waals surface area contributed by atoms with Crippen molar-refractivity contribution in [2.45, 2.75) is 39.2 Å². The number of hydrogen-bond acceptors (Lipinski definition) is 1. The predicted octanol–water partition coefficient (Wildman–Crippen LogP) is 2.92. The van der Waals surface area contributed by atoms with Gasteiger partial charge in [-0.3, -0.25) is 0 Å². The van der Waals surface area contributed by atoms with Gasteiger partial charge in [0.1, 0.15) is 0 Å². The lowest BCUT2D eigenvalue weighted by molar-refractivity contribution is 0.0324. The molecule has 1 aromatic rings. The first-order valence-electron chi connectivity index (χ1n) is 5.32. The van der Waals surface area contributed by atoms with Crippen LogP contribution in [0.1, 0.15) is 36.5 Å². The third-order valence-electron chi connectivity index (χ3n) is 3.31. The third-order valence-corrected chi connectivity index (χ3v) is 3.31. The average molecular weight is 190 g/mol. The van der Waals surface area contributed by atoms with Crippen molar-refractivity contribution in [1.82, 2.24) is 0 Å². The zero-order valence-electron chi connectivity index (χ0n) is 9.17. The summed E-state index contributed by atoms with van der Waals surface area (Å²) in [4.78, 5) is 0. The second kappa shape index (κ2) is 3.09. The quantitative estimate of drug-likeness (QED) is 0.760. The molecule has 1 N–H and O–H groups in total. The Bertz CT molecular complexity index is 348. The fourth-order valence-electron chi connectivity index (χ4n) is 2.15. The molecule has 1 saturated carbocycles. The van der Waals surface area contributed by atoms with Crippen LogP contribution in [0.25, 0.3) is 0 Å². The Morgan fingerprint density at radius 2 is 1.93 bits per heavy atom. The second-order valence-corrected chi connectivity index (χ2v) is 4.74. The van der Waals surface area contributed by atoms with Gasteiger partial charge < -0.3 is 5.11 Å². The standard InChI is InChI=1S/C13H18O/c1-9-4-5-10(2)12(8-9)13(3,14)11-6-7-11/h4-5,8,11,14H,6-7H2,1-3H3. The maximum atomic E-state index is 10.4. The summed E-state index contributed by atoms with van der Waals surface area (Å²) in [6.45, 7) is 6.10. The fraction of sp³-hybridized carbons (Fsp3) is 0.538. The maximum absolute atomic E-state index is 10.4. The van der Waals surface area contributed by atoms with E-state index in [4.69, 9.17) is 0 Å². The Morgan fingerprint density at radius 1 is 1.29 bits per heavy atom. The monoisotopic (exact) mass is 190 g/mol. The van der Waals surface area contributed by atoms with Gasteiger partial charge in [0, 0.05) is 0 Å². The highest BCUT2D eigenvalue weighted by molar-refractivity contribution is 5.35. The average Bonchev–Trinajstić information content (AvgIpc) is 2.91. The molecule has 0 amide bonds. The van der Waals surface area contributed by atoms with Crippen LogP contribution < -0.4 is 0 Å². The van der Waals surface area contributed by atoms with Gasteiger partial charge in [0.2, 0.25) is 0 Å². The molecule has 0 aliphatic heterocycles. The minimum atomic E-state index is -0.615. The van der Waals surface area contributed by atoms with Crippen molar-refractivity contribution < 1.29 is 5.11 Å². The van der Waals surface area contributed by atoms with Crippen LogP contribution in [-0.2, 0) is 5.60 Å². The number of aryl methyl sites for hydroxylation is 2. The van der Waals surface area contributed by atoms with Crippen LogP contribution in [0.4, 0.5) is 0 Å². The molecule has 1 heteroatoms. The summed E-state index contributed by atoms with van der Waals surface area (Å²) in [7, 11) is 0. The minimum Gasteiger partial charge on any atom is -0.385 e. The lowest BCUT2D eigenvalue weighted by Gasteiger charge is -2.26. The van der Waals surface area contributed by atoms with Crippen molar-refractivity contribution in [1.29, 1.82) is 0 Å². The van der Waals surface area contributed by atoms with Crippen molar-refractivity contribution in [3.63, 3.8) is 0 Å². The molecule has 1 atom stereocenters. The van der Waals surface area contributed by atoms with Crippen molar-refractivity contribution in [2.75, 3.05) is 0 Å². The first-order valence-corrected chi connectivity index (χ1v) is 5.32. The van der Waals surface area contributed by atoms with Gasteiger partial charge in [-0.05, 0) is 50.7 Å². The molecular weight excluding hydrogens is 172 g/mol. The first-order chi connectivity index (χ1) is 6.51. The number of aliphatic hydroxyl groups is 1. The molecule has 1 aliphatic carbocycles. The van der Waals surface area contributed by atoms with E-state index in [0.29, 0.717) is 5.92 Å². The molecule has 1 fully saturated rings. The van der Waals surface area contributed by atoms with Crippen LogP contribution >= 0.6 is 0 Å². The van der Waals surface area contributed by atoms with E-state index in [-0.39, 0.29) is 0 Å². The molecule has 0 saturated heterocycles. The number of benzene rings is 1. The van der Waals surface area contributed by atoms with E-state index in [9.17, 15) is 5.11 Å². The Labute approximate surface area is 85.8 Å². The maximum Gasteiger partial charge on any atom is 0.0899 e. The Balaban J connectivity index is 2.43. The van der Waals surface area contributed by atoms with Crippen LogP contribution in [0.15, 0.2) is 18.2 Å². The van der Waals surface area contributed by atoms with Crippen molar-refractivity contribution in [3.05, 3.63) is 34.9 Å². The SMILES string of the molecule is Cc1ccc(C)c(C(C)(O)C2CC2)c1.